The lowest BCUT2D eigenvalue weighted by molar-refractivity contribution is 0.529. The minimum absolute atomic E-state index is 0.506. The van der Waals surface area contributed by atoms with Gasteiger partial charge in [0, 0.05) is 25.0 Å². The summed E-state index contributed by atoms with van der Waals surface area (Å²) >= 11 is 0. The molecule has 2 aromatic rings. The molecule has 0 spiro atoms. The molecule has 1 atom stereocenters. The molecule has 0 radical (unpaired) electrons. The first-order valence-electron chi connectivity index (χ1n) is 6.13. The number of rotatable bonds is 3. The van der Waals surface area contributed by atoms with Crippen LogP contribution in [-0.4, -0.2) is 4.98 Å². The van der Waals surface area contributed by atoms with Crippen molar-refractivity contribution in [1.82, 2.24) is 10.3 Å². The highest BCUT2D eigenvalue weighted by molar-refractivity contribution is 5.34. The predicted molar refractivity (Wildman–Crippen MR) is 68.6 cm³/mol. The van der Waals surface area contributed by atoms with Crippen LogP contribution in [0.2, 0.25) is 0 Å². The summed E-state index contributed by atoms with van der Waals surface area (Å²) in [6.07, 6.45) is 6.14. The molecule has 1 heterocycles. The van der Waals surface area contributed by atoms with Gasteiger partial charge in [-0.05, 0) is 35.6 Å². The van der Waals surface area contributed by atoms with Gasteiger partial charge >= 0.3 is 0 Å². The Hall–Kier alpha value is -1.67. The van der Waals surface area contributed by atoms with Crippen molar-refractivity contribution in [2.75, 3.05) is 0 Å². The fourth-order valence-corrected chi connectivity index (χ4v) is 2.51. The van der Waals surface area contributed by atoms with Crippen LogP contribution in [0.15, 0.2) is 48.8 Å². The van der Waals surface area contributed by atoms with Crippen LogP contribution in [-0.2, 0) is 13.0 Å². The van der Waals surface area contributed by atoms with Crippen molar-refractivity contribution in [2.45, 2.75) is 25.4 Å². The molecule has 1 aromatic heterocycles. The second-order valence-corrected chi connectivity index (χ2v) is 4.53. The molecule has 1 aliphatic carbocycles. The largest absolute Gasteiger partial charge is 0.306 e. The highest BCUT2D eigenvalue weighted by Crippen LogP contribution is 2.30. The number of nitrogens with one attached hydrogen (secondary N) is 1. The van der Waals surface area contributed by atoms with Crippen LogP contribution in [0.3, 0.4) is 0 Å². The number of hydrogen-bond donors (Lipinski definition) is 1. The summed E-state index contributed by atoms with van der Waals surface area (Å²) in [4.78, 5) is 4.13. The van der Waals surface area contributed by atoms with E-state index in [1.54, 1.807) is 0 Å². The highest BCUT2D eigenvalue weighted by atomic mass is 14.9. The molecule has 0 saturated carbocycles. The Morgan fingerprint density at radius 3 is 3.00 bits per heavy atom. The quantitative estimate of drug-likeness (QED) is 0.867. The molecule has 1 aliphatic rings. The van der Waals surface area contributed by atoms with E-state index in [1.165, 1.54) is 29.5 Å². The summed E-state index contributed by atoms with van der Waals surface area (Å²) in [6.45, 7) is 0.896. The van der Waals surface area contributed by atoms with Crippen molar-refractivity contribution < 1.29 is 0 Å². The molecule has 0 fully saturated rings. The Labute approximate surface area is 102 Å². The molecule has 1 aromatic carbocycles. The van der Waals surface area contributed by atoms with Crippen LogP contribution in [0.5, 0.6) is 0 Å². The Bertz CT molecular complexity index is 493. The van der Waals surface area contributed by atoms with Crippen LogP contribution in [0.1, 0.15) is 29.2 Å². The number of hydrogen-bond acceptors (Lipinski definition) is 2. The zero-order valence-electron chi connectivity index (χ0n) is 9.76. The third-order valence-electron chi connectivity index (χ3n) is 3.41. The average Bonchev–Trinajstić information content (AvgIpc) is 2.81. The maximum Gasteiger partial charge on any atom is 0.0329 e. The lowest BCUT2D eigenvalue weighted by Gasteiger charge is -2.13. The van der Waals surface area contributed by atoms with Gasteiger partial charge in [0.15, 0.2) is 0 Å². The second kappa shape index (κ2) is 4.68. The van der Waals surface area contributed by atoms with E-state index < -0.39 is 0 Å². The smallest absolute Gasteiger partial charge is 0.0329 e. The van der Waals surface area contributed by atoms with Gasteiger partial charge in [-0.1, -0.05) is 30.3 Å². The maximum absolute atomic E-state index is 4.13. The van der Waals surface area contributed by atoms with E-state index in [-0.39, 0.29) is 0 Å². The monoisotopic (exact) mass is 224 g/mol. The number of fused-ring (bicyclic) bond motifs is 1. The number of benzene rings is 1. The average molecular weight is 224 g/mol. The Morgan fingerprint density at radius 1 is 1.18 bits per heavy atom. The summed E-state index contributed by atoms with van der Waals surface area (Å²) in [7, 11) is 0. The number of aryl methyl sites for hydroxylation is 1. The third-order valence-corrected chi connectivity index (χ3v) is 3.41. The maximum atomic E-state index is 4.13. The molecule has 3 rings (SSSR count). The number of pyridine rings is 1. The molecule has 1 unspecified atom stereocenters. The lowest BCUT2D eigenvalue weighted by atomic mass is 10.1. The fourth-order valence-electron chi connectivity index (χ4n) is 2.51. The predicted octanol–water partition coefficient (Wildman–Crippen LogP) is 2.86. The van der Waals surface area contributed by atoms with Gasteiger partial charge < -0.3 is 5.32 Å². The van der Waals surface area contributed by atoms with Gasteiger partial charge in [-0.2, -0.15) is 0 Å². The van der Waals surface area contributed by atoms with Crippen LogP contribution >= 0.6 is 0 Å². The first kappa shape index (κ1) is 10.5. The lowest BCUT2D eigenvalue weighted by Crippen LogP contribution is -2.18. The van der Waals surface area contributed by atoms with Crippen LogP contribution in [0.4, 0.5) is 0 Å². The minimum Gasteiger partial charge on any atom is -0.306 e. The summed E-state index contributed by atoms with van der Waals surface area (Å²) in [5, 5.41) is 3.61. The van der Waals surface area contributed by atoms with Crippen LogP contribution < -0.4 is 5.32 Å². The molecule has 0 amide bonds. The van der Waals surface area contributed by atoms with E-state index in [0.717, 1.165) is 6.54 Å². The second-order valence-electron chi connectivity index (χ2n) is 4.53. The van der Waals surface area contributed by atoms with Crippen LogP contribution in [0, 0.1) is 0 Å². The van der Waals surface area contributed by atoms with Gasteiger partial charge in [-0.15, -0.1) is 0 Å². The Balaban J connectivity index is 1.68. The molecule has 2 heteroatoms. The zero-order valence-corrected chi connectivity index (χ0v) is 9.76. The summed E-state index contributed by atoms with van der Waals surface area (Å²) in [5.41, 5.74) is 4.21. The Morgan fingerprint density at radius 2 is 2.12 bits per heavy atom. The van der Waals surface area contributed by atoms with E-state index in [0.29, 0.717) is 6.04 Å². The zero-order chi connectivity index (χ0) is 11.5. The molecule has 0 aliphatic heterocycles. The topological polar surface area (TPSA) is 24.9 Å². The number of nitrogens with zero attached hydrogens (tertiary/aromatic N) is 1. The van der Waals surface area contributed by atoms with E-state index in [1.807, 2.05) is 18.5 Å². The first-order chi connectivity index (χ1) is 8.43. The van der Waals surface area contributed by atoms with Crippen molar-refractivity contribution in [3.05, 3.63) is 65.5 Å². The van der Waals surface area contributed by atoms with Gasteiger partial charge in [-0.25, -0.2) is 0 Å². The van der Waals surface area contributed by atoms with E-state index in [9.17, 15) is 0 Å². The van der Waals surface area contributed by atoms with Gasteiger partial charge in [0.2, 0.25) is 0 Å². The van der Waals surface area contributed by atoms with E-state index in [2.05, 4.69) is 40.6 Å². The SMILES string of the molecule is c1cncc(CNC2CCc3ccccc32)c1. The third kappa shape index (κ3) is 2.22. The minimum atomic E-state index is 0.506. The van der Waals surface area contributed by atoms with Gasteiger partial charge in [0.1, 0.15) is 0 Å². The van der Waals surface area contributed by atoms with Gasteiger partial charge in [0.05, 0.1) is 0 Å². The van der Waals surface area contributed by atoms with Crippen molar-refractivity contribution in [2.24, 2.45) is 0 Å². The first-order valence-corrected chi connectivity index (χ1v) is 6.13. The van der Waals surface area contributed by atoms with Crippen molar-refractivity contribution in [3.8, 4) is 0 Å². The molecular weight excluding hydrogens is 208 g/mol. The van der Waals surface area contributed by atoms with Crippen molar-refractivity contribution in [1.29, 1.82) is 0 Å². The van der Waals surface area contributed by atoms with Gasteiger partial charge in [0.25, 0.3) is 0 Å². The number of aromatic nitrogens is 1. The Kier molecular flexibility index (Phi) is 2.88. The van der Waals surface area contributed by atoms with E-state index in [4.69, 9.17) is 0 Å². The normalized spacial score (nSPS) is 18.0. The van der Waals surface area contributed by atoms with Crippen molar-refractivity contribution in [3.63, 3.8) is 0 Å². The molecule has 0 bridgehead atoms. The molecule has 1 N–H and O–H groups in total. The fraction of sp³-hybridized carbons (Fsp3) is 0.267. The van der Waals surface area contributed by atoms with Crippen molar-refractivity contribution >= 4 is 0 Å². The highest BCUT2D eigenvalue weighted by Gasteiger charge is 2.20. The summed E-state index contributed by atoms with van der Waals surface area (Å²) in [6, 6.07) is 13.3. The molecule has 17 heavy (non-hydrogen) atoms. The molecular formula is C15H16N2. The standard InChI is InChI=1S/C15H16N2/c1-2-6-14-13(5-1)7-8-15(14)17-11-12-4-3-9-16-10-12/h1-6,9-10,15,17H,7-8,11H2. The van der Waals surface area contributed by atoms with Gasteiger partial charge in [-0.3, -0.25) is 4.98 Å². The molecule has 2 nitrogen and oxygen atoms in total. The summed E-state index contributed by atoms with van der Waals surface area (Å²) < 4.78 is 0. The molecule has 86 valence electrons. The molecule has 0 saturated heterocycles. The summed E-state index contributed by atoms with van der Waals surface area (Å²) in [5.74, 6) is 0. The van der Waals surface area contributed by atoms with E-state index >= 15 is 0 Å². The van der Waals surface area contributed by atoms with Crippen LogP contribution in [0.25, 0.3) is 0 Å².